The third-order valence-electron chi connectivity index (χ3n) is 1.73. The highest BCUT2D eigenvalue weighted by Crippen LogP contribution is 2.26. The van der Waals surface area contributed by atoms with Gasteiger partial charge in [-0.05, 0) is 12.1 Å². The van der Waals surface area contributed by atoms with Crippen LogP contribution in [0.25, 0.3) is 10.9 Å². The SMILES string of the molecule is O=[N+]([O-])c1c(F)ccc2[nH]ncc12. The van der Waals surface area contributed by atoms with Gasteiger partial charge in [-0.25, -0.2) is 0 Å². The number of nitrogens with zero attached hydrogens (tertiary/aromatic N) is 2. The number of fused-ring (bicyclic) bond motifs is 1. The highest BCUT2D eigenvalue weighted by Gasteiger charge is 2.19. The van der Waals surface area contributed by atoms with Crippen LogP contribution in [-0.4, -0.2) is 15.1 Å². The van der Waals surface area contributed by atoms with Gasteiger partial charge in [-0.1, -0.05) is 0 Å². The number of nitro benzene ring substituents is 1. The summed E-state index contributed by atoms with van der Waals surface area (Å²) in [6, 6.07) is 2.45. The Kier molecular flexibility index (Phi) is 1.48. The first-order chi connectivity index (χ1) is 6.20. The Hall–Kier alpha value is -1.98. The standard InChI is InChI=1S/C7H4FN3O2/c8-5-1-2-6-4(3-9-10-6)7(5)11(12)13/h1-3H,(H,9,10). The van der Waals surface area contributed by atoms with E-state index in [2.05, 4.69) is 10.2 Å². The highest BCUT2D eigenvalue weighted by molar-refractivity contribution is 5.87. The molecule has 2 rings (SSSR count). The van der Waals surface area contributed by atoms with Gasteiger partial charge in [0.15, 0.2) is 0 Å². The largest absolute Gasteiger partial charge is 0.315 e. The molecule has 0 saturated carbocycles. The first-order valence-corrected chi connectivity index (χ1v) is 3.46. The van der Waals surface area contributed by atoms with Crippen LogP contribution in [0.15, 0.2) is 18.3 Å². The molecule has 0 saturated heterocycles. The molecule has 66 valence electrons. The fraction of sp³-hybridized carbons (Fsp3) is 0. The molecule has 13 heavy (non-hydrogen) atoms. The molecule has 0 atom stereocenters. The van der Waals surface area contributed by atoms with Gasteiger partial charge >= 0.3 is 5.69 Å². The molecule has 0 amide bonds. The van der Waals surface area contributed by atoms with E-state index in [1.807, 2.05) is 0 Å². The van der Waals surface area contributed by atoms with Gasteiger partial charge in [0.2, 0.25) is 5.82 Å². The molecule has 0 spiro atoms. The molecule has 1 aromatic heterocycles. The average Bonchev–Trinajstić information content (AvgIpc) is 2.50. The lowest BCUT2D eigenvalue weighted by atomic mass is 10.2. The van der Waals surface area contributed by atoms with E-state index in [0.717, 1.165) is 6.07 Å². The van der Waals surface area contributed by atoms with Crippen LogP contribution in [0.1, 0.15) is 0 Å². The maximum Gasteiger partial charge on any atom is 0.315 e. The van der Waals surface area contributed by atoms with E-state index < -0.39 is 16.4 Å². The van der Waals surface area contributed by atoms with Crippen molar-refractivity contribution in [3.8, 4) is 0 Å². The van der Waals surface area contributed by atoms with E-state index in [9.17, 15) is 14.5 Å². The van der Waals surface area contributed by atoms with Crippen LogP contribution < -0.4 is 0 Å². The molecule has 6 heteroatoms. The summed E-state index contributed by atoms with van der Waals surface area (Å²) in [6.45, 7) is 0. The first kappa shape index (κ1) is 7.66. The average molecular weight is 181 g/mol. The predicted molar refractivity (Wildman–Crippen MR) is 42.7 cm³/mol. The first-order valence-electron chi connectivity index (χ1n) is 3.46. The molecule has 0 aliphatic carbocycles. The molecule has 1 heterocycles. The van der Waals surface area contributed by atoms with Crippen LogP contribution in [0.5, 0.6) is 0 Å². The topological polar surface area (TPSA) is 71.8 Å². The van der Waals surface area contributed by atoms with E-state index in [1.54, 1.807) is 0 Å². The van der Waals surface area contributed by atoms with Crippen molar-refractivity contribution in [1.82, 2.24) is 10.2 Å². The second-order valence-electron chi connectivity index (χ2n) is 2.48. The van der Waals surface area contributed by atoms with Crippen molar-refractivity contribution in [2.45, 2.75) is 0 Å². The number of hydrogen-bond donors (Lipinski definition) is 1. The van der Waals surface area contributed by atoms with E-state index in [-0.39, 0.29) is 5.39 Å². The summed E-state index contributed by atoms with van der Waals surface area (Å²) in [5.41, 5.74) is -0.0839. The fourth-order valence-corrected chi connectivity index (χ4v) is 1.16. The number of nitro groups is 1. The minimum absolute atomic E-state index is 0.185. The van der Waals surface area contributed by atoms with Gasteiger partial charge in [0.1, 0.15) is 5.39 Å². The van der Waals surface area contributed by atoms with E-state index >= 15 is 0 Å². The Morgan fingerprint density at radius 3 is 3.00 bits per heavy atom. The van der Waals surface area contributed by atoms with Crippen LogP contribution in [-0.2, 0) is 0 Å². The van der Waals surface area contributed by atoms with E-state index in [1.165, 1.54) is 12.3 Å². The van der Waals surface area contributed by atoms with Crippen molar-refractivity contribution in [3.05, 3.63) is 34.3 Å². The Labute approximate surface area is 71.3 Å². The maximum absolute atomic E-state index is 13.0. The summed E-state index contributed by atoms with van der Waals surface area (Å²) < 4.78 is 13.0. The number of nitrogens with one attached hydrogen (secondary N) is 1. The monoisotopic (exact) mass is 181 g/mol. The van der Waals surface area contributed by atoms with Gasteiger partial charge in [0, 0.05) is 0 Å². The number of benzene rings is 1. The molecule has 0 radical (unpaired) electrons. The lowest BCUT2D eigenvalue weighted by Gasteiger charge is -1.93. The molecule has 0 aliphatic heterocycles. The van der Waals surface area contributed by atoms with Gasteiger partial charge < -0.3 is 0 Å². The molecular weight excluding hydrogens is 177 g/mol. The number of hydrogen-bond acceptors (Lipinski definition) is 3. The molecule has 0 fully saturated rings. The molecule has 1 aromatic carbocycles. The number of rotatable bonds is 1. The molecule has 0 bridgehead atoms. The van der Waals surface area contributed by atoms with Gasteiger partial charge in [-0.2, -0.15) is 9.49 Å². The fourth-order valence-electron chi connectivity index (χ4n) is 1.16. The zero-order chi connectivity index (χ0) is 9.42. The van der Waals surface area contributed by atoms with Gasteiger partial charge in [-0.15, -0.1) is 0 Å². The summed E-state index contributed by atoms with van der Waals surface area (Å²) in [7, 11) is 0. The summed E-state index contributed by atoms with van der Waals surface area (Å²) >= 11 is 0. The zero-order valence-corrected chi connectivity index (χ0v) is 6.32. The molecular formula is C7H4FN3O2. The second kappa shape index (κ2) is 2.51. The van der Waals surface area contributed by atoms with Crippen LogP contribution in [0, 0.1) is 15.9 Å². The minimum Gasteiger partial charge on any atom is -0.278 e. The number of aromatic amines is 1. The Morgan fingerprint density at radius 1 is 1.54 bits per heavy atom. The third kappa shape index (κ3) is 1.03. The highest BCUT2D eigenvalue weighted by atomic mass is 19.1. The Balaban J connectivity index is 2.88. The third-order valence-corrected chi connectivity index (χ3v) is 1.73. The van der Waals surface area contributed by atoms with E-state index in [0.29, 0.717) is 5.52 Å². The van der Waals surface area contributed by atoms with Crippen molar-refractivity contribution < 1.29 is 9.31 Å². The van der Waals surface area contributed by atoms with Crippen LogP contribution in [0.2, 0.25) is 0 Å². The zero-order valence-electron chi connectivity index (χ0n) is 6.32. The summed E-state index contributed by atoms with van der Waals surface area (Å²) in [4.78, 5) is 9.70. The van der Waals surface area contributed by atoms with E-state index in [4.69, 9.17) is 0 Å². The van der Waals surface area contributed by atoms with Crippen molar-refractivity contribution in [2.24, 2.45) is 0 Å². The van der Waals surface area contributed by atoms with Gasteiger partial charge in [0.05, 0.1) is 16.6 Å². The second-order valence-corrected chi connectivity index (χ2v) is 2.48. The molecule has 5 nitrogen and oxygen atoms in total. The summed E-state index contributed by atoms with van der Waals surface area (Å²) in [5, 5.41) is 16.8. The predicted octanol–water partition coefficient (Wildman–Crippen LogP) is 1.61. The van der Waals surface area contributed by atoms with Crippen LogP contribution in [0.4, 0.5) is 10.1 Å². The normalized spacial score (nSPS) is 10.5. The van der Waals surface area contributed by atoms with Crippen LogP contribution >= 0.6 is 0 Å². The molecule has 0 unspecified atom stereocenters. The molecule has 0 aliphatic rings. The van der Waals surface area contributed by atoms with Crippen molar-refractivity contribution >= 4 is 16.6 Å². The Bertz CT molecular complexity index is 480. The van der Waals surface area contributed by atoms with Crippen LogP contribution in [0.3, 0.4) is 0 Å². The lowest BCUT2D eigenvalue weighted by Crippen LogP contribution is -1.92. The van der Waals surface area contributed by atoms with Gasteiger partial charge in [-0.3, -0.25) is 15.2 Å². The summed E-state index contributed by atoms with van der Waals surface area (Å²) in [6.07, 6.45) is 1.23. The number of aromatic nitrogens is 2. The van der Waals surface area contributed by atoms with Gasteiger partial charge in [0.25, 0.3) is 0 Å². The minimum atomic E-state index is -0.848. The quantitative estimate of drug-likeness (QED) is 0.536. The van der Waals surface area contributed by atoms with Crippen molar-refractivity contribution in [2.75, 3.05) is 0 Å². The Morgan fingerprint density at radius 2 is 2.31 bits per heavy atom. The summed E-state index contributed by atoms with van der Waals surface area (Å²) in [5.74, 6) is -0.848. The molecule has 2 aromatic rings. The number of H-pyrrole nitrogens is 1. The van der Waals surface area contributed by atoms with Crippen molar-refractivity contribution in [3.63, 3.8) is 0 Å². The maximum atomic E-state index is 13.0. The molecule has 1 N–H and O–H groups in total. The lowest BCUT2D eigenvalue weighted by molar-refractivity contribution is -0.385. The smallest absolute Gasteiger partial charge is 0.278 e. The number of halogens is 1. The van der Waals surface area contributed by atoms with Crippen molar-refractivity contribution in [1.29, 1.82) is 0 Å².